The Kier molecular flexibility index (Phi) is 5.76. The van der Waals surface area contributed by atoms with E-state index in [9.17, 15) is 20.2 Å². The zero-order valence-electron chi connectivity index (χ0n) is 14.7. The summed E-state index contributed by atoms with van der Waals surface area (Å²) in [6.45, 7) is 0.463. The molecule has 0 saturated heterocycles. The van der Waals surface area contributed by atoms with Gasteiger partial charge in [0.25, 0.3) is 11.4 Å². The second kappa shape index (κ2) is 8.59. The van der Waals surface area contributed by atoms with Crippen LogP contribution in [0.3, 0.4) is 0 Å². The molecule has 0 amide bonds. The molecule has 0 heterocycles. The quantitative estimate of drug-likeness (QED) is 0.319. The zero-order valence-corrected chi connectivity index (χ0v) is 14.7. The zero-order chi connectivity index (χ0) is 19.9. The van der Waals surface area contributed by atoms with Crippen LogP contribution in [0.5, 0.6) is 5.75 Å². The third-order valence-electron chi connectivity index (χ3n) is 4.01. The molecule has 0 N–H and O–H groups in total. The molecule has 140 valence electrons. The van der Waals surface area contributed by atoms with Crippen LogP contribution in [0.25, 0.3) is 12.2 Å². The summed E-state index contributed by atoms with van der Waals surface area (Å²) in [6.07, 6.45) is 3.26. The van der Waals surface area contributed by atoms with Crippen LogP contribution in [0.1, 0.15) is 16.7 Å². The van der Waals surface area contributed by atoms with Gasteiger partial charge in [0.1, 0.15) is 12.4 Å². The van der Waals surface area contributed by atoms with Crippen molar-refractivity contribution in [3.8, 4) is 5.75 Å². The highest BCUT2D eigenvalue weighted by molar-refractivity contribution is 5.75. The van der Waals surface area contributed by atoms with Crippen LogP contribution in [0, 0.1) is 20.2 Å². The molecule has 0 atom stereocenters. The summed E-state index contributed by atoms with van der Waals surface area (Å²) in [5, 5.41) is 22.0. The lowest BCUT2D eigenvalue weighted by Crippen LogP contribution is -1.95. The van der Waals surface area contributed by atoms with E-state index < -0.39 is 9.85 Å². The number of rotatable bonds is 7. The molecule has 3 aromatic rings. The van der Waals surface area contributed by atoms with Crippen molar-refractivity contribution >= 4 is 23.5 Å². The Hall–Kier alpha value is -4.00. The fourth-order valence-electron chi connectivity index (χ4n) is 2.55. The molecule has 7 nitrogen and oxygen atoms in total. The smallest absolute Gasteiger partial charge is 0.283 e. The number of ether oxygens (including phenoxy) is 1. The Morgan fingerprint density at radius 2 is 1.54 bits per heavy atom. The Morgan fingerprint density at radius 3 is 2.18 bits per heavy atom. The van der Waals surface area contributed by atoms with Gasteiger partial charge in [0.05, 0.1) is 21.5 Å². The highest BCUT2D eigenvalue weighted by atomic mass is 16.6. The highest BCUT2D eigenvalue weighted by Gasteiger charge is 2.17. The van der Waals surface area contributed by atoms with Crippen LogP contribution >= 0.6 is 0 Å². The largest absolute Gasteiger partial charge is 0.489 e. The van der Waals surface area contributed by atoms with Crippen molar-refractivity contribution in [1.29, 1.82) is 0 Å². The number of nitro benzene ring substituents is 2. The first-order chi connectivity index (χ1) is 13.5. The minimum absolute atomic E-state index is 0.292. The van der Waals surface area contributed by atoms with Crippen LogP contribution in [0.2, 0.25) is 0 Å². The van der Waals surface area contributed by atoms with Crippen LogP contribution < -0.4 is 4.74 Å². The van der Waals surface area contributed by atoms with E-state index in [0.29, 0.717) is 17.9 Å². The monoisotopic (exact) mass is 376 g/mol. The first-order valence-electron chi connectivity index (χ1n) is 8.40. The molecule has 0 radical (unpaired) electrons. The molecule has 3 aromatic carbocycles. The highest BCUT2D eigenvalue weighted by Crippen LogP contribution is 2.26. The van der Waals surface area contributed by atoms with E-state index in [-0.39, 0.29) is 11.4 Å². The third kappa shape index (κ3) is 4.79. The first kappa shape index (κ1) is 18.8. The van der Waals surface area contributed by atoms with Crippen molar-refractivity contribution < 1.29 is 14.6 Å². The molecule has 0 aliphatic carbocycles. The van der Waals surface area contributed by atoms with Crippen LogP contribution in [-0.2, 0) is 6.61 Å². The van der Waals surface area contributed by atoms with Gasteiger partial charge in [-0.3, -0.25) is 20.2 Å². The summed E-state index contributed by atoms with van der Waals surface area (Å²) in [4.78, 5) is 20.7. The maximum absolute atomic E-state index is 11.2. The third-order valence-corrected chi connectivity index (χ3v) is 4.01. The summed E-state index contributed by atoms with van der Waals surface area (Å²) in [6, 6.07) is 20.6. The van der Waals surface area contributed by atoms with Crippen molar-refractivity contribution in [2.24, 2.45) is 0 Å². The second-order valence-corrected chi connectivity index (χ2v) is 5.93. The summed E-state index contributed by atoms with van der Waals surface area (Å²) in [7, 11) is 0. The molecule has 7 heteroatoms. The Bertz CT molecular complexity index is 1010. The van der Waals surface area contributed by atoms with Crippen molar-refractivity contribution in [3.05, 3.63) is 110 Å². The topological polar surface area (TPSA) is 95.5 Å². The summed E-state index contributed by atoms with van der Waals surface area (Å²) >= 11 is 0. The Morgan fingerprint density at radius 1 is 0.821 bits per heavy atom. The van der Waals surface area contributed by atoms with Crippen LogP contribution in [0.15, 0.2) is 72.8 Å². The van der Waals surface area contributed by atoms with Gasteiger partial charge in [-0.1, -0.05) is 48.5 Å². The number of hydrogen-bond acceptors (Lipinski definition) is 5. The van der Waals surface area contributed by atoms with Crippen LogP contribution in [0.4, 0.5) is 11.4 Å². The van der Waals surface area contributed by atoms with Gasteiger partial charge in [-0.15, -0.1) is 0 Å². The first-order valence-corrected chi connectivity index (χ1v) is 8.40. The maximum atomic E-state index is 11.2. The summed E-state index contributed by atoms with van der Waals surface area (Å²) in [5.41, 5.74) is 1.55. The minimum atomic E-state index is -0.658. The molecule has 0 spiro atoms. The molecule has 0 unspecified atom stereocenters. The lowest BCUT2D eigenvalue weighted by Gasteiger charge is -2.06. The molecular weight excluding hydrogens is 360 g/mol. The maximum Gasteiger partial charge on any atom is 0.283 e. The van der Waals surface area contributed by atoms with Crippen molar-refractivity contribution in [1.82, 2.24) is 0 Å². The normalized spacial score (nSPS) is 10.7. The molecule has 0 bridgehead atoms. The molecule has 0 aliphatic heterocycles. The molecule has 0 saturated carbocycles. The van der Waals surface area contributed by atoms with Gasteiger partial charge in [0.15, 0.2) is 0 Å². The lowest BCUT2D eigenvalue weighted by molar-refractivity contribution is -0.394. The van der Waals surface area contributed by atoms with Crippen molar-refractivity contribution in [2.45, 2.75) is 6.61 Å². The molecule has 0 aliphatic rings. The Balaban J connectivity index is 1.70. The average molecular weight is 376 g/mol. The fourth-order valence-corrected chi connectivity index (χ4v) is 2.55. The number of benzene rings is 3. The lowest BCUT2D eigenvalue weighted by atomic mass is 10.1. The van der Waals surface area contributed by atoms with E-state index >= 15 is 0 Å². The van der Waals surface area contributed by atoms with Crippen molar-refractivity contribution in [3.63, 3.8) is 0 Å². The second-order valence-electron chi connectivity index (χ2n) is 5.93. The van der Waals surface area contributed by atoms with Crippen molar-refractivity contribution in [2.75, 3.05) is 0 Å². The predicted molar refractivity (Wildman–Crippen MR) is 106 cm³/mol. The predicted octanol–water partition coefficient (Wildman–Crippen LogP) is 5.25. The molecule has 0 aromatic heterocycles. The van der Waals surface area contributed by atoms with Crippen LogP contribution in [-0.4, -0.2) is 9.85 Å². The van der Waals surface area contributed by atoms with Gasteiger partial charge >= 0.3 is 0 Å². The standard InChI is InChI=1S/C21H16N2O5/c24-22(25)19-11-10-18(21(14-19)23(26)27)9-6-16-7-12-20(13-8-16)28-15-17-4-2-1-3-5-17/h1-14H,15H2/b9-6+. The van der Waals surface area contributed by atoms with Gasteiger partial charge in [-0.2, -0.15) is 0 Å². The molecule has 0 fully saturated rings. The molecular formula is C21H16N2O5. The van der Waals surface area contributed by atoms with Gasteiger partial charge in [0.2, 0.25) is 0 Å². The number of nitrogens with zero attached hydrogens (tertiary/aromatic N) is 2. The number of hydrogen-bond donors (Lipinski definition) is 0. The van der Waals surface area contributed by atoms with E-state index in [1.165, 1.54) is 12.1 Å². The van der Waals surface area contributed by atoms with E-state index in [1.807, 2.05) is 54.6 Å². The average Bonchev–Trinajstić information content (AvgIpc) is 2.72. The van der Waals surface area contributed by atoms with E-state index in [2.05, 4.69) is 0 Å². The molecule has 28 heavy (non-hydrogen) atoms. The van der Waals surface area contributed by atoms with E-state index in [0.717, 1.165) is 17.2 Å². The van der Waals surface area contributed by atoms with E-state index in [4.69, 9.17) is 4.74 Å². The SMILES string of the molecule is O=[N+]([O-])c1ccc(/C=C/c2ccc(OCc3ccccc3)cc2)c([N+](=O)[O-])c1. The van der Waals surface area contributed by atoms with Gasteiger partial charge < -0.3 is 4.74 Å². The van der Waals surface area contributed by atoms with Gasteiger partial charge in [0, 0.05) is 6.07 Å². The van der Waals surface area contributed by atoms with E-state index in [1.54, 1.807) is 12.2 Å². The number of non-ortho nitro benzene ring substituents is 1. The Labute approximate surface area is 160 Å². The van der Waals surface area contributed by atoms with Gasteiger partial charge in [-0.05, 0) is 35.4 Å². The summed E-state index contributed by atoms with van der Waals surface area (Å²) in [5.74, 6) is 0.710. The van der Waals surface area contributed by atoms with Gasteiger partial charge in [-0.25, -0.2) is 0 Å². The molecule has 3 rings (SSSR count). The fraction of sp³-hybridized carbons (Fsp3) is 0.0476. The summed E-state index contributed by atoms with van der Waals surface area (Å²) < 4.78 is 5.72. The number of nitro groups is 2. The minimum Gasteiger partial charge on any atom is -0.489 e.